The summed E-state index contributed by atoms with van der Waals surface area (Å²) in [5.41, 5.74) is 3.65. The van der Waals surface area contributed by atoms with E-state index in [2.05, 4.69) is 21.2 Å². The Morgan fingerprint density at radius 2 is 1.60 bits per heavy atom. The molecule has 0 aromatic heterocycles. The van der Waals surface area contributed by atoms with E-state index in [9.17, 15) is 28.2 Å². The van der Waals surface area contributed by atoms with Crippen LogP contribution in [0.2, 0.25) is 0 Å². The number of carbonyl (C=O) groups is 1. The summed E-state index contributed by atoms with van der Waals surface area (Å²) in [6.07, 6.45) is -7.95. The number of carbonyl (C=O) groups excluding carboxylic acids is 1. The van der Waals surface area contributed by atoms with Crippen LogP contribution in [0, 0.1) is 0 Å². The van der Waals surface area contributed by atoms with Crippen LogP contribution in [-0.2, 0) is 10.9 Å². The molecule has 1 aliphatic rings. The van der Waals surface area contributed by atoms with Crippen molar-refractivity contribution in [1.29, 1.82) is 0 Å². The quantitative estimate of drug-likeness (QED) is 0.348. The predicted octanol–water partition coefficient (Wildman–Crippen LogP) is 5.79. The summed E-state index contributed by atoms with van der Waals surface area (Å²) < 4.78 is 43.9. The highest BCUT2D eigenvalue weighted by Gasteiger charge is 2.32. The van der Waals surface area contributed by atoms with Crippen LogP contribution >= 0.6 is 15.9 Å². The molecule has 0 spiro atoms. The second-order valence-electron chi connectivity index (χ2n) is 8.29. The molecule has 0 saturated heterocycles. The van der Waals surface area contributed by atoms with E-state index < -0.39 is 30.0 Å². The summed E-state index contributed by atoms with van der Waals surface area (Å²) in [7, 11) is 0. The summed E-state index contributed by atoms with van der Waals surface area (Å²) in [5.74, 6) is -0.0856. The van der Waals surface area contributed by atoms with Crippen molar-refractivity contribution in [3.8, 4) is 11.1 Å². The Morgan fingerprint density at radius 3 is 2.17 bits per heavy atom. The molecule has 0 bridgehead atoms. The van der Waals surface area contributed by atoms with Crippen molar-refractivity contribution in [3.63, 3.8) is 0 Å². The zero-order valence-electron chi connectivity index (χ0n) is 18.4. The van der Waals surface area contributed by atoms with Crippen molar-refractivity contribution in [2.45, 2.75) is 30.7 Å². The van der Waals surface area contributed by atoms with Gasteiger partial charge in [-0.25, -0.2) is 4.79 Å². The lowest BCUT2D eigenvalue weighted by Gasteiger charge is -2.20. The smallest absolute Gasteiger partial charge is 0.416 e. The van der Waals surface area contributed by atoms with Gasteiger partial charge in [-0.15, -0.1) is 0 Å². The van der Waals surface area contributed by atoms with Gasteiger partial charge in [-0.1, -0.05) is 70.5 Å². The number of nitrogens with one attached hydrogen (secondary N) is 1. The Kier molecular flexibility index (Phi) is 7.49. The highest BCUT2D eigenvalue weighted by molar-refractivity contribution is 9.10. The van der Waals surface area contributed by atoms with Crippen molar-refractivity contribution >= 4 is 22.0 Å². The monoisotopic (exact) mass is 549 g/mol. The van der Waals surface area contributed by atoms with Crippen LogP contribution in [0.25, 0.3) is 11.1 Å². The fourth-order valence-electron chi connectivity index (χ4n) is 4.28. The summed E-state index contributed by atoms with van der Waals surface area (Å²) in [4.78, 5) is 12.2. The van der Waals surface area contributed by atoms with Crippen molar-refractivity contribution in [2.24, 2.45) is 0 Å². The van der Waals surface area contributed by atoms with Crippen LogP contribution < -0.4 is 5.32 Å². The number of halogens is 4. The molecule has 3 aromatic rings. The van der Waals surface area contributed by atoms with Crippen LogP contribution in [-0.4, -0.2) is 35.6 Å². The Balaban J connectivity index is 1.28. The van der Waals surface area contributed by atoms with Gasteiger partial charge in [-0.05, 0) is 46.4 Å². The average molecular weight is 550 g/mol. The zero-order chi connectivity index (χ0) is 25.2. The molecular formula is C26H23BrF3NO4. The van der Waals surface area contributed by atoms with Gasteiger partial charge in [0.15, 0.2) is 0 Å². The largest absolute Gasteiger partial charge is 0.449 e. The molecule has 1 amide bonds. The molecule has 4 rings (SSSR count). The third kappa shape index (κ3) is 5.52. The van der Waals surface area contributed by atoms with E-state index in [0.717, 1.165) is 40.5 Å². The lowest BCUT2D eigenvalue weighted by atomic mass is 9.98. The number of fused-ring (bicyclic) bond motifs is 3. The lowest BCUT2D eigenvalue weighted by Crippen LogP contribution is -2.30. The number of benzene rings is 3. The molecular weight excluding hydrogens is 527 g/mol. The van der Waals surface area contributed by atoms with E-state index in [1.165, 1.54) is 0 Å². The van der Waals surface area contributed by atoms with Crippen LogP contribution in [0.1, 0.15) is 40.7 Å². The number of alkyl halides is 3. The molecule has 0 heterocycles. The molecule has 9 heteroatoms. The standard InChI is InChI=1S/C26H23BrF3NO4/c27-22-13-15(26(28,29)30)9-10-20(22)24(33)23(32)11-12-31-25(34)35-14-21-18-7-3-1-5-16(18)17-6-2-4-8-19(17)21/h1-10,13,21,23-24,32-33H,11-12,14H2,(H,31,34). The highest BCUT2D eigenvalue weighted by Crippen LogP contribution is 2.44. The Morgan fingerprint density at radius 1 is 1.00 bits per heavy atom. The maximum Gasteiger partial charge on any atom is 0.416 e. The number of hydrogen-bond donors (Lipinski definition) is 3. The first kappa shape index (κ1) is 25.2. The van der Waals surface area contributed by atoms with Gasteiger partial charge >= 0.3 is 12.3 Å². The molecule has 35 heavy (non-hydrogen) atoms. The van der Waals surface area contributed by atoms with Crippen LogP contribution in [0.3, 0.4) is 0 Å². The Bertz CT molecular complexity index is 1170. The van der Waals surface area contributed by atoms with Gasteiger partial charge in [0, 0.05) is 16.9 Å². The van der Waals surface area contributed by atoms with E-state index >= 15 is 0 Å². The lowest BCUT2D eigenvalue weighted by molar-refractivity contribution is -0.137. The van der Waals surface area contributed by atoms with Gasteiger partial charge in [0.2, 0.25) is 0 Å². The zero-order valence-corrected chi connectivity index (χ0v) is 20.0. The van der Waals surface area contributed by atoms with E-state index in [0.29, 0.717) is 0 Å². The molecule has 3 aromatic carbocycles. The molecule has 0 saturated carbocycles. The Hall–Kier alpha value is -2.88. The van der Waals surface area contributed by atoms with Crippen LogP contribution in [0.4, 0.5) is 18.0 Å². The minimum Gasteiger partial charge on any atom is -0.449 e. The van der Waals surface area contributed by atoms with Crippen molar-refractivity contribution in [3.05, 3.63) is 93.5 Å². The summed E-state index contributed by atoms with van der Waals surface area (Å²) in [6.45, 7) is 0.149. The number of hydrogen-bond acceptors (Lipinski definition) is 4. The molecule has 0 fully saturated rings. The maximum absolute atomic E-state index is 12.8. The molecule has 0 aliphatic heterocycles. The first-order valence-corrected chi connectivity index (χ1v) is 11.8. The van der Waals surface area contributed by atoms with E-state index in [1.54, 1.807) is 0 Å². The molecule has 0 radical (unpaired) electrons. The number of aliphatic hydroxyl groups excluding tert-OH is 2. The third-order valence-corrected chi connectivity index (χ3v) is 6.75. The fraction of sp³-hybridized carbons (Fsp3) is 0.269. The van der Waals surface area contributed by atoms with Gasteiger partial charge in [-0.2, -0.15) is 13.2 Å². The number of aliphatic hydroxyl groups is 2. The Labute approximate surface area is 208 Å². The van der Waals surface area contributed by atoms with Gasteiger partial charge in [0.1, 0.15) is 12.7 Å². The van der Waals surface area contributed by atoms with E-state index in [1.807, 2.05) is 48.5 Å². The molecule has 2 atom stereocenters. The molecule has 5 nitrogen and oxygen atoms in total. The minimum absolute atomic E-state index is 0.00710. The second-order valence-corrected chi connectivity index (χ2v) is 9.14. The first-order valence-electron chi connectivity index (χ1n) is 11.0. The molecule has 1 aliphatic carbocycles. The van der Waals surface area contributed by atoms with Crippen LogP contribution in [0.5, 0.6) is 0 Å². The fourth-order valence-corrected chi connectivity index (χ4v) is 4.89. The van der Waals surface area contributed by atoms with Crippen LogP contribution in [0.15, 0.2) is 71.2 Å². The van der Waals surface area contributed by atoms with Gasteiger partial charge in [0.25, 0.3) is 0 Å². The highest BCUT2D eigenvalue weighted by atomic mass is 79.9. The number of amides is 1. The topological polar surface area (TPSA) is 78.8 Å². The first-order chi connectivity index (χ1) is 16.7. The summed E-state index contributed by atoms with van der Waals surface area (Å²) in [5, 5.41) is 23.2. The SMILES string of the molecule is O=C(NCCC(O)C(O)c1ccc(C(F)(F)F)cc1Br)OCC1c2ccccc2-c2ccccc21. The summed E-state index contributed by atoms with van der Waals surface area (Å²) in [6, 6.07) is 18.7. The molecule has 184 valence electrons. The molecule has 3 N–H and O–H groups in total. The van der Waals surface area contributed by atoms with Gasteiger partial charge in [-0.3, -0.25) is 0 Å². The van der Waals surface area contributed by atoms with E-state index in [4.69, 9.17) is 4.74 Å². The van der Waals surface area contributed by atoms with Crippen molar-refractivity contribution < 1.29 is 32.9 Å². The average Bonchev–Trinajstić information content (AvgIpc) is 3.15. The van der Waals surface area contributed by atoms with E-state index in [-0.39, 0.29) is 35.5 Å². The normalized spacial score (nSPS) is 14.7. The van der Waals surface area contributed by atoms with Crippen molar-refractivity contribution in [1.82, 2.24) is 5.32 Å². The van der Waals surface area contributed by atoms with Gasteiger partial charge < -0.3 is 20.3 Å². The number of alkyl carbamates (subject to hydrolysis) is 1. The minimum atomic E-state index is -4.52. The maximum atomic E-state index is 12.8. The summed E-state index contributed by atoms with van der Waals surface area (Å²) >= 11 is 3.01. The molecule has 2 unspecified atom stereocenters. The predicted molar refractivity (Wildman–Crippen MR) is 128 cm³/mol. The van der Waals surface area contributed by atoms with Gasteiger partial charge in [0.05, 0.1) is 11.7 Å². The number of ether oxygens (including phenoxy) is 1. The third-order valence-electron chi connectivity index (χ3n) is 6.06. The van der Waals surface area contributed by atoms with Crippen molar-refractivity contribution in [2.75, 3.05) is 13.2 Å². The second kappa shape index (κ2) is 10.4. The number of rotatable bonds is 7.